The predicted octanol–water partition coefficient (Wildman–Crippen LogP) is 17.3. The summed E-state index contributed by atoms with van der Waals surface area (Å²) >= 11 is 0. The van der Waals surface area contributed by atoms with Crippen LogP contribution in [0.1, 0.15) is 177 Å². The fraction of sp³-hybridized carbons (Fsp3) is 0.643. The minimum atomic E-state index is -2.24. The third-order valence-electron chi connectivity index (χ3n) is 14.5. The summed E-state index contributed by atoms with van der Waals surface area (Å²) < 4.78 is 28.9. The summed E-state index contributed by atoms with van der Waals surface area (Å²) in [5.41, 5.74) is 6.86. The molecule has 0 atom stereocenters. The zero-order valence-corrected chi connectivity index (χ0v) is 49.0. The highest BCUT2D eigenvalue weighted by molar-refractivity contribution is 6.79. The van der Waals surface area contributed by atoms with E-state index in [-0.39, 0.29) is 0 Å². The lowest BCUT2D eigenvalue weighted by atomic mass is 10.2. The van der Waals surface area contributed by atoms with Gasteiger partial charge in [-0.05, 0) is 126 Å². The van der Waals surface area contributed by atoms with Crippen molar-refractivity contribution < 1.29 is 17.7 Å². The Morgan fingerprint density at radius 2 is 0.406 bits per heavy atom. The largest absolute Gasteiger partial charge is 0.543 e. The van der Waals surface area contributed by atoms with Crippen LogP contribution in [0.25, 0.3) is 0 Å². The lowest BCUT2D eigenvalue weighted by Gasteiger charge is -2.43. The van der Waals surface area contributed by atoms with Crippen molar-refractivity contribution in [2.24, 2.45) is 0 Å². The van der Waals surface area contributed by atoms with E-state index < -0.39 is 33.3 Å². The van der Waals surface area contributed by atoms with E-state index >= 15 is 0 Å². The highest BCUT2D eigenvalue weighted by Gasteiger charge is 2.50. The molecule has 0 unspecified atom stereocenters. The van der Waals surface area contributed by atoms with Crippen LogP contribution in [0.3, 0.4) is 0 Å². The van der Waals surface area contributed by atoms with Crippen molar-refractivity contribution in [3.63, 3.8) is 0 Å². The summed E-state index contributed by atoms with van der Waals surface area (Å²) in [6.45, 7) is 55.6. The number of rotatable bonds is 20. The van der Waals surface area contributed by atoms with Crippen LogP contribution < -0.4 is 17.7 Å². The quantitative estimate of drug-likeness (QED) is 0.0979. The fourth-order valence-electron chi connectivity index (χ4n) is 12.1. The van der Waals surface area contributed by atoms with Gasteiger partial charge in [-0.15, -0.1) is 0 Å². The molecule has 0 aliphatic heterocycles. The van der Waals surface area contributed by atoms with Gasteiger partial charge in [-0.1, -0.05) is 178 Å². The number of hydrogen-bond donors (Lipinski definition) is 0. The maximum absolute atomic E-state index is 7.22. The molecule has 0 spiro atoms. The minimum Gasteiger partial charge on any atom is -0.543 e. The number of hydrogen-bond acceptors (Lipinski definition) is 4. The van der Waals surface area contributed by atoms with Gasteiger partial charge in [-0.3, -0.25) is 0 Å². The van der Waals surface area contributed by atoms with E-state index in [0.717, 1.165) is 34.1 Å². The van der Waals surface area contributed by atoms with Crippen molar-refractivity contribution in [1.82, 2.24) is 0 Å². The van der Waals surface area contributed by atoms with Crippen LogP contribution in [0.15, 0.2) is 36.4 Å². The molecule has 0 aliphatic rings. The first kappa shape index (κ1) is 56.9. The Morgan fingerprint density at radius 1 is 0.250 bits per heavy atom. The summed E-state index contributed by atoms with van der Waals surface area (Å²) in [5.74, 6) is 27.9. The van der Waals surface area contributed by atoms with Crippen molar-refractivity contribution in [3.05, 3.63) is 47.5 Å². The molecule has 0 N–H and O–H groups in total. The lowest BCUT2D eigenvalue weighted by molar-refractivity contribution is 0.461. The summed E-state index contributed by atoms with van der Waals surface area (Å²) in [6, 6.07) is 12.5. The molecule has 0 amide bonds. The maximum atomic E-state index is 7.22. The average molecular weight is 940 g/mol. The molecule has 354 valence electrons. The van der Waals surface area contributed by atoms with Crippen molar-refractivity contribution >= 4 is 33.3 Å². The van der Waals surface area contributed by atoms with Crippen LogP contribution in [0.5, 0.6) is 23.0 Å². The molecule has 0 saturated carbocycles. The van der Waals surface area contributed by atoms with Gasteiger partial charge in [-0.2, -0.15) is 0 Å². The molecular weight excluding hydrogens is 849 g/mol. The smallest absolute Gasteiger partial charge is 0.258 e. The highest BCUT2D eigenvalue weighted by Crippen LogP contribution is 2.48. The second-order valence-corrected chi connectivity index (χ2v) is 43.6. The molecule has 2 rings (SSSR count). The monoisotopic (exact) mass is 939 g/mol. The standard InChI is InChI=1S/C56H90O4Si4/c1-39(2)61(40(3)4,41(5)6)57-53-33-51(34-54(37-53)58-62(42(7)8,43(9)10)44(11)12)31-29-27-25-26-28-30-32-52-35-55(59-63(45(13)14,46(15)16)47(17)18)38-56(36-52)60-64(48(19)20,49(21)22)50(23)24/h33-50H,1-24H3. The molecule has 0 heterocycles. The first-order valence-corrected chi connectivity index (χ1v) is 33.2. The van der Waals surface area contributed by atoms with Gasteiger partial charge in [-0.25, -0.2) is 0 Å². The van der Waals surface area contributed by atoms with Gasteiger partial charge in [0.15, 0.2) is 0 Å². The van der Waals surface area contributed by atoms with Crippen molar-refractivity contribution in [3.8, 4) is 70.4 Å². The molecule has 0 bridgehead atoms. The predicted molar refractivity (Wildman–Crippen MR) is 289 cm³/mol. The zero-order chi connectivity index (χ0) is 49.1. The number of benzene rings is 2. The molecular formula is C56H90O4Si4. The second kappa shape index (κ2) is 24.0. The van der Waals surface area contributed by atoms with Gasteiger partial charge in [0.25, 0.3) is 33.3 Å². The van der Waals surface area contributed by atoms with Gasteiger partial charge in [0.05, 0.1) is 0 Å². The Bertz CT molecular complexity index is 1740. The molecule has 8 heteroatoms. The van der Waals surface area contributed by atoms with Gasteiger partial charge < -0.3 is 17.7 Å². The molecule has 2 aromatic rings. The van der Waals surface area contributed by atoms with Crippen LogP contribution in [-0.4, -0.2) is 33.3 Å². The zero-order valence-electron chi connectivity index (χ0n) is 45.0. The Morgan fingerprint density at radius 3 is 0.562 bits per heavy atom. The Balaban J connectivity index is 2.71. The van der Waals surface area contributed by atoms with Crippen LogP contribution in [0.2, 0.25) is 66.5 Å². The molecule has 0 saturated heterocycles. The third-order valence-corrected chi connectivity index (χ3v) is 38.5. The van der Waals surface area contributed by atoms with E-state index in [0.29, 0.717) is 66.5 Å². The highest BCUT2D eigenvalue weighted by atomic mass is 28.4. The van der Waals surface area contributed by atoms with Gasteiger partial charge in [0.2, 0.25) is 0 Å². The minimum absolute atomic E-state index is 0.434. The second-order valence-electron chi connectivity index (χ2n) is 22.1. The third kappa shape index (κ3) is 12.8. The summed E-state index contributed by atoms with van der Waals surface area (Å²) in [6.07, 6.45) is 0. The summed E-state index contributed by atoms with van der Waals surface area (Å²) in [5, 5.41) is 0. The SMILES string of the molecule is CC(C)[Si](Oc1cc(C#CC#CC#CC#Cc2cc(O[Si](C(C)C)(C(C)C)C(C)C)cc(O[Si](C(C)C)(C(C)C)C(C)C)c2)cc(O[Si](C(C)C)(C(C)C)C(C)C)c1)(C(C)C)C(C)C. The van der Waals surface area contributed by atoms with E-state index in [1.54, 1.807) is 0 Å². The van der Waals surface area contributed by atoms with Gasteiger partial charge in [0.1, 0.15) is 23.0 Å². The maximum Gasteiger partial charge on any atom is 0.258 e. The lowest BCUT2D eigenvalue weighted by Crippen LogP contribution is -2.51. The van der Waals surface area contributed by atoms with E-state index in [1.807, 2.05) is 0 Å². The van der Waals surface area contributed by atoms with Crippen molar-refractivity contribution in [2.45, 2.75) is 233 Å². The molecule has 0 radical (unpaired) electrons. The van der Waals surface area contributed by atoms with Crippen molar-refractivity contribution in [2.75, 3.05) is 0 Å². The Kier molecular flexibility index (Phi) is 21.3. The molecule has 0 aromatic heterocycles. The molecule has 64 heavy (non-hydrogen) atoms. The molecule has 2 aromatic carbocycles. The van der Waals surface area contributed by atoms with Crippen molar-refractivity contribution in [1.29, 1.82) is 0 Å². The van der Waals surface area contributed by atoms with E-state index in [4.69, 9.17) is 17.7 Å². The topological polar surface area (TPSA) is 36.9 Å². The first-order chi connectivity index (χ1) is 29.6. The normalized spacial score (nSPS) is 12.6. The Labute approximate surface area is 399 Å². The molecule has 4 nitrogen and oxygen atoms in total. The van der Waals surface area contributed by atoms with Crippen LogP contribution in [0, 0.1) is 47.4 Å². The summed E-state index contributed by atoms with van der Waals surface area (Å²) in [4.78, 5) is 0. The van der Waals surface area contributed by atoms with Gasteiger partial charge >= 0.3 is 0 Å². The van der Waals surface area contributed by atoms with Crippen LogP contribution in [-0.2, 0) is 0 Å². The van der Waals surface area contributed by atoms with Crippen LogP contribution in [0.4, 0.5) is 0 Å². The molecule has 0 aliphatic carbocycles. The van der Waals surface area contributed by atoms with E-state index in [9.17, 15) is 0 Å². The van der Waals surface area contributed by atoms with Gasteiger partial charge in [0, 0.05) is 23.3 Å². The van der Waals surface area contributed by atoms with Crippen LogP contribution >= 0.6 is 0 Å². The first-order valence-electron chi connectivity index (χ1n) is 24.7. The fourth-order valence-corrected chi connectivity index (χ4v) is 33.0. The van der Waals surface area contributed by atoms with E-state index in [2.05, 4.69) is 250 Å². The Hall–Kier alpha value is -3.25. The summed E-state index contributed by atoms with van der Waals surface area (Å²) in [7, 11) is -8.95. The average Bonchev–Trinajstić information content (AvgIpc) is 3.16. The van der Waals surface area contributed by atoms with E-state index in [1.165, 1.54) is 0 Å². The molecule has 0 fully saturated rings.